The summed E-state index contributed by atoms with van der Waals surface area (Å²) in [5.41, 5.74) is 2.38. The molecule has 0 saturated carbocycles. The van der Waals surface area contributed by atoms with E-state index in [-0.39, 0.29) is 11.7 Å². The normalized spacial score (nSPS) is 16.6. The number of carbonyl (C=O) groups is 1. The van der Waals surface area contributed by atoms with Crippen molar-refractivity contribution in [3.8, 4) is 11.5 Å². The zero-order valence-electron chi connectivity index (χ0n) is 14.0. The maximum absolute atomic E-state index is 13.8. The van der Waals surface area contributed by atoms with E-state index in [4.69, 9.17) is 9.47 Å². The van der Waals surface area contributed by atoms with Crippen molar-refractivity contribution in [2.75, 3.05) is 26.3 Å². The monoisotopic (exact) mass is 341 g/mol. The van der Waals surface area contributed by atoms with Gasteiger partial charge in [0, 0.05) is 24.2 Å². The van der Waals surface area contributed by atoms with Crippen LogP contribution in [-0.4, -0.2) is 37.1 Å². The third kappa shape index (κ3) is 3.24. The highest BCUT2D eigenvalue weighted by molar-refractivity contribution is 5.94. The van der Waals surface area contributed by atoms with Crippen LogP contribution in [0.15, 0.2) is 36.4 Å². The highest BCUT2D eigenvalue weighted by Gasteiger charge is 2.21. The smallest absolute Gasteiger partial charge is 0.254 e. The number of morpholine rings is 1. The minimum atomic E-state index is -0.147. The summed E-state index contributed by atoms with van der Waals surface area (Å²) >= 11 is 0. The van der Waals surface area contributed by atoms with Gasteiger partial charge in [-0.2, -0.15) is 0 Å². The first-order valence-corrected chi connectivity index (χ1v) is 8.67. The van der Waals surface area contributed by atoms with Gasteiger partial charge in [-0.15, -0.1) is 0 Å². The van der Waals surface area contributed by atoms with E-state index in [1.54, 1.807) is 35.2 Å². The lowest BCUT2D eigenvalue weighted by atomic mass is 10.1. The molecule has 0 bridgehead atoms. The molecule has 0 unspecified atom stereocenters. The SMILES string of the molecule is O=C(c1ccc(Oc2ccc(F)c3c2CCC3)cc1)N1CCOCC1. The van der Waals surface area contributed by atoms with E-state index in [1.807, 2.05) is 0 Å². The molecule has 1 fully saturated rings. The molecule has 0 spiro atoms. The third-order valence-corrected chi connectivity index (χ3v) is 4.81. The summed E-state index contributed by atoms with van der Waals surface area (Å²) < 4.78 is 25.0. The Morgan fingerprint density at radius 3 is 2.48 bits per heavy atom. The Balaban J connectivity index is 1.50. The lowest BCUT2D eigenvalue weighted by Gasteiger charge is -2.26. The van der Waals surface area contributed by atoms with Crippen molar-refractivity contribution in [1.82, 2.24) is 4.90 Å². The molecule has 0 atom stereocenters. The van der Waals surface area contributed by atoms with Crippen LogP contribution in [0.2, 0.25) is 0 Å². The van der Waals surface area contributed by atoms with Crippen LogP contribution in [0.3, 0.4) is 0 Å². The number of benzene rings is 2. The minimum absolute atomic E-state index is 0.0116. The Bertz CT molecular complexity index is 782. The molecule has 2 aliphatic rings. The van der Waals surface area contributed by atoms with Crippen molar-refractivity contribution in [3.05, 3.63) is 58.9 Å². The van der Waals surface area contributed by atoms with Gasteiger partial charge < -0.3 is 14.4 Å². The number of hydrogen-bond acceptors (Lipinski definition) is 3. The number of carbonyl (C=O) groups excluding carboxylic acids is 1. The number of fused-ring (bicyclic) bond motifs is 1. The molecule has 1 saturated heterocycles. The molecule has 5 heteroatoms. The molecule has 130 valence electrons. The fraction of sp³-hybridized carbons (Fsp3) is 0.350. The van der Waals surface area contributed by atoms with Gasteiger partial charge >= 0.3 is 0 Å². The van der Waals surface area contributed by atoms with E-state index in [0.29, 0.717) is 43.4 Å². The molecule has 2 aromatic rings. The van der Waals surface area contributed by atoms with Crippen LogP contribution < -0.4 is 4.74 Å². The lowest BCUT2D eigenvalue weighted by Crippen LogP contribution is -2.40. The van der Waals surface area contributed by atoms with E-state index in [0.717, 1.165) is 30.4 Å². The molecule has 0 N–H and O–H groups in total. The second-order valence-corrected chi connectivity index (χ2v) is 6.39. The van der Waals surface area contributed by atoms with Crippen LogP contribution >= 0.6 is 0 Å². The zero-order valence-corrected chi connectivity index (χ0v) is 14.0. The van der Waals surface area contributed by atoms with Crippen LogP contribution in [0, 0.1) is 5.82 Å². The van der Waals surface area contributed by atoms with Gasteiger partial charge in [-0.05, 0) is 61.2 Å². The number of ether oxygens (including phenoxy) is 2. The molecule has 0 radical (unpaired) electrons. The molecule has 1 heterocycles. The van der Waals surface area contributed by atoms with Crippen LogP contribution in [0.4, 0.5) is 4.39 Å². The third-order valence-electron chi connectivity index (χ3n) is 4.81. The predicted molar refractivity (Wildman–Crippen MR) is 91.7 cm³/mol. The van der Waals surface area contributed by atoms with Gasteiger partial charge in [0.2, 0.25) is 0 Å². The fourth-order valence-corrected chi connectivity index (χ4v) is 3.47. The summed E-state index contributed by atoms with van der Waals surface area (Å²) in [6.45, 7) is 2.42. The molecular formula is C20H20FNO3. The van der Waals surface area contributed by atoms with Gasteiger partial charge in [0.25, 0.3) is 5.91 Å². The van der Waals surface area contributed by atoms with E-state index in [2.05, 4.69) is 0 Å². The van der Waals surface area contributed by atoms with E-state index in [1.165, 1.54) is 6.07 Å². The second kappa shape index (κ2) is 6.84. The Labute approximate surface area is 146 Å². The predicted octanol–water partition coefficient (Wildman–Crippen LogP) is 3.58. The molecule has 1 amide bonds. The van der Waals surface area contributed by atoms with Crippen molar-refractivity contribution in [1.29, 1.82) is 0 Å². The van der Waals surface area contributed by atoms with Gasteiger partial charge in [-0.25, -0.2) is 4.39 Å². The summed E-state index contributed by atoms with van der Waals surface area (Å²) in [4.78, 5) is 14.2. The van der Waals surface area contributed by atoms with Gasteiger partial charge in [0.05, 0.1) is 13.2 Å². The van der Waals surface area contributed by atoms with Crippen LogP contribution in [0.5, 0.6) is 11.5 Å². The van der Waals surface area contributed by atoms with Crippen LogP contribution in [-0.2, 0) is 17.6 Å². The maximum Gasteiger partial charge on any atom is 0.254 e. The largest absolute Gasteiger partial charge is 0.457 e. The van der Waals surface area contributed by atoms with Crippen LogP contribution in [0.25, 0.3) is 0 Å². The molecule has 0 aromatic heterocycles. The maximum atomic E-state index is 13.8. The molecule has 4 nitrogen and oxygen atoms in total. The number of halogens is 1. The Morgan fingerprint density at radius 1 is 1.00 bits per heavy atom. The summed E-state index contributed by atoms with van der Waals surface area (Å²) in [7, 11) is 0. The molecule has 1 aliphatic heterocycles. The number of amides is 1. The number of nitrogens with zero attached hydrogens (tertiary/aromatic N) is 1. The molecule has 25 heavy (non-hydrogen) atoms. The molecule has 1 aliphatic carbocycles. The van der Waals surface area contributed by atoms with Crippen molar-refractivity contribution in [2.45, 2.75) is 19.3 Å². The van der Waals surface area contributed by atoms with Crippen molar-refractivity contribution in [2.24, 2.45) is 0 Å². The first-order chi connectivity index (χ1) is 12.2. The lowest BCUT2D eigenvalue weighted by molar-refractivity contribution is 0.0303. The number of rotatable bonds is 3. The number of hydrogen-bond donors (Lipinski definition) is 0. The Kier molecular flexibility index (Phi) is 4.40. The van der Waals surface area contributed by atoms with Gasteiger partial charge in [0.15, 0.2) is 0 Å². The summed E-state index contributed by atoms with van der Waals surface area (Å²) in [5, 5.41) is 0. The van der Waals surface area contributed by atoms with Crippen molar-refractivity contribution < 1.29 is 18.7 Å². The van der Waals surface area contributed by atoms with Crippen molar-refractivity contribution in [3.63, 3.8) is 0 Å². The van der Waals surface area contributed by atoms with Gasteiger partial charge in [-0.1, -0.05) is 0 Å². The summed E-state index contributed by atoms with van der Waals surface area (Å²) in [6, 6.07) is 10.3. The first kappa shape index (κ1) is 16.1. The first-order valence-electron chi connectivity index (χ1n) is 8.67. The molecule has 4 rings (SSSR count). The summed E-state index contributed by atoms with van der Waals surface area (Å²) in [5.74, 6) is 1.23. The fourth-order valence-electron chi connectivity index (χ4n) is 3.47. The van der Waals surface area contributed by atoms with E-state index < -0.39 is 0 Å². The minimum Gasteiger partial charge on any atom is -0.457 e. The van der Waals surface area contributed by atoms with Gasteiger partial charge in [0.1, 0.15) is 17.3 Å². The standard InChI is InChI=1S/C20H20FNO3/c21-18-8-9-19(17-3-1-2-16(17)18)25-15-6-4-14(5-7-15)20(23)22-10-12-24-13-11-22/h4-9H,1-3,10-13H2. The Morgan fingerprint density at radius 2 is 1.72 bits per heavy atom. The van der Waals surface area contributed by atoms with E-state index >= 15 is 0 Å². The Hall–Kier alpha value is -2.40. The summed E-state index contributed by atoms with van der Waals surface area (Å²) in [6.07, 6.45) is 2.57. The second-order valence-electron chi connectivity index (χ2n) is 6.39. The quantitative estimate of drug-likeness (QED) is 0.856. The van der Waals surface area contributed by atoms with Crippen molar-refractivity contribution >= 4 is 5.91 Å². The highest BCUT2D eigenvalue weighted by atomic mass is 19.1. The zero-order chi connectivity index (χ0) is 17.2. The molecular weight excluding hydrogens is 321 g/mol. The van der Waals surface area contributed by atoms with Crippen LogP contribution in [0.1, 0.15) is 27.9 Å². The topological polar surface area (TPSA) is 38.8 Å². The molecule has 2 aromatic carbocycles. The van der Waals surface area contributed by atoms with Gasteiger partial charge in [-0.3, -0.25) is 4.79 Å². The van der Waals surface area contributed by atoms with E-state index in [9.17, 15) is 9.18 Å². The average Bonchev–Trinajstić information content (AvgIpc) is 3.16. The highest BCUT2D eigenvalue weighted by Crippen LogP contribution is 2.35. The average molecular weight is 341 g/mol.